The maximum absolute atomic E-state index is 13.0. The Labute approximate surface area is 149 Å². The normalized spacial score (nSPS) is 34.3. The molecule has 3 aliphatic rings. The first-order chi connectivity index (χ1) is 11.7. The summed E-state index contributed by atoms with van der Waals surface area (Å²) in [6.07, 6.45) is 2.54. The van der Waals surface area contributed by atoms with Gasteiger partial charge in [-0.05, 0) is 29.9 Å². The number of rotatable bonds is 4. The number of likely N-dealkylation sites (N-methyl/N-ethyl adjacent to an activating group) is 1. The molecular weight excluding hydrogens is 342 g/mol. The molecule has 4 atom stereocenters. The van der Waals surface area contributed by atoms with Crippen LogP contribution in [0.2, 0.25) is 0 Å². The van der Waals surface area contributed by atoms with E-state index in [2.05, 4.69) is 11.9 Å². The van der Waals surface area contributed by atoms with Gasteiger partial charge in [0.2, 0.25) is 0 Å². The Hall–Kier alpha value is -1.21. The van der Waals surface area contributed by atoms with Crippen LogP contribution in [0.15, 0.2) is 35.0 Å². The van der Waals surface area contributed by atoms with Gasteiger partial charge in [-0.15, -0.1) is 22.7 Å². The molecule has 2 bridgehead atoms. The highest BCUT2D eigenvalue weighted by atomic mass is 32.1. The van der Waals surface area contributed by atoms with Crippen molar-refractivity contribution in [2.24, 2.45) is 0 Å². The summed E-state index contributed by atoms with van der Waals surface area (Å²) in [6.45, 7) is 0. The molecule has 0 amide bonds. The SMILES string of the molecule is CN1C2CC(OC(=O)C(c3cccs3)c3cccs3)CC1C1OC12. The quantitative estimate of drug-likeness (QED) is 0.620. The van der Waals surface area contributed by atoms with Crippen LogP contribution in [0.4, 0.5) is 0 Å². The fourth-order valence-corrected chi connectivity index (χ4v) is 6.05. The second kappa shape index (κ2) is 5.66. The Bertz CT molecular complexity index is 677. The number of epoxide rings is 1. The lowest BCUT2D eigenvalue weighted by atomic mass is 9.99. The molecular formula is C18H19NO3S2. The number of carbonyl (C=O) groups is 1. The van der Waals surface area contributed by atoms with Crippen LogP contribution in [-0.2, 0) is 14.3 Å². The van der Waals surface area contributed by atoms with E-state index < -0.39 is 0 Å². The Morgan fingerprint density at radius 3 is 2.25 bits per heavy atom. The number of fused-ring (bicyclic) bond motifs is 5. The first-order valence-corrected chi connectivity index (χ1v) is 10.1. The number of hydrogen-bond donors (Lipinski definition) is 0. The predicted molar refractivity (Wildman–Crippen MR) is 93.6 cm³/mol. The first kappa shape index (κ1) is 15.1. The predicted octanol–water partition coefficient (Wildman–Crippen LogP) is 3.10. The van der Waals surface area contributed by atoms with Gasteiger partial charge in [-0.1, -0.05) is 12.1 Å². The molecule has 0 aliphatic carbocycles. The van der Waals surface area contributed by atoms with E-state index in [0.717, 1.165) is 22.6 Å². The van der Waals surface area contributed by atoms with Crippen molar-refractivity contribution in [3.05, 3.63) is 44.8 Å². The molecule has 5 heterocycles. The van der Waals surface area contributed by atoms with Crippen LogP contribution < -0.4 is 0 Å². The first-order valence-electron chi connectivity index (χ1n) is 8.37. The van der Waals surface area contributed by atoms with Crippen molar-refractivity contribution in [2.45, 2.75) is 49.2 Å². The summed E-state index contributed by atoms with van der Waals surface area (Å²) in [5.41, 5.74) is 0. The van der Waals surface area contributed by atoms with Gasteiger partial charge in [-0.2, -0.15) is 0 Å². The standard InChI is InChI=1S/C18H19NO3S2/c1-19-11-8-10(9-12(19)17-16(11)22-17)21-18(20)15(13-4-2-6-23-13)14-5-3-7-24-14/h2-7,10-12,15-17H,8-9H2,1H3. The minimum atomic E-state index is -0.284. The largest absolute Gasteiger partial charge is 0.461 e. The van der Waals surface area contributed by atoms with Crippen molar-refractivity contribution in [2.75, 3.05) is 7.05 Å². The van der Waals surface area contributed by atoms with Crippen molar-refractivity contribution in [1.29, 1.82) is 0 Å². The van der Waals surface area contributed by atoms with Gasteiger partial charge < -0.3 is 9.47 Å². The second-order valence-corrected chi connectivity index (χ2v) is 8.82. The number of morpholine rings is 1. The molecule has 0 spiro atoms. The molecule has 24 heavy (non-hydrogen) atoms. The monoisotopic (exact) mass is 361 g/mol. The highest BCUT2D eigenvalue weighted by Crippen LogP contribution is 2.48. The maximum atomic E-state index is 13.0. The van der Waals surface area contributed by atoms with E-state index in [1.807, 2.05) is 35.0 Å². The van der Waals surface area contributed by atoms with Gasteiger partial charge in [0.1, 0.15) is 24.2 Å². The van der Waals surface area contributed by atoms with Crippen LogP contribution in [-0.4, -0.2) is 48.3 Å². The van der Waals surface area contributed by atoms with Gasteiger partial charge in [0.15, 0.2) is 0 Å². The molecule has 3 aliphatic heterocycles. The summed E-state index contributed by atoms with van der Waals surface area (Å²) in [5, 5.41) is 4.04. The van der Waals surface area contributed by atoms with E-state index in [4.69, 9.17) is 9.47 Å². The topological polar surface area (TPSA) is 42.1 Å². The van der Waals surface area contributed by atoms with Gasteiger partial charge in [0.05, 0.1) is 0 Å². The van der Waals surface area contributed by atoms with Crippen molar-refractivity contribution in [3.8, 4) is 0 Å². The minimum Gasteiger partial charge on any atom is -0.461 e. The summed E-state index contributed by atoms with van der Waals surface area (Å²) in [4.78, 5) is 17.5. The third-order valence-corrected chi connectivity index (χ3v) is 7.42. The van der Waals surface area contributed by atoms with E-state index in [1.165, 1.54) is 0 Å². The minimum absolute atomic E-state index is 0.0162. The molecule has 0 radical (unpaired) electrons. The highest BCUT2D eigenvalue weighted by Gasteiger charge is 2.62. The van der Waals surface area contributed by atoms with Crippen LogP contribution in [0.5, 0.6) is 0 Å². The van der Waals surface area contributed by atoms with E-state index in [9.17, 15) is 4.79 Å². The van der Waals surface area contributed by atoms with Gasteiger partial charge in [0.25, 0.3) is 0 Å². The molecule has 0 aromatic carbocycles. The van der Waals surface area contributed by atoms with Crippen molar-refractivity contribution in [3.63, 3.8) is 0 Å². The lowest BCUT2D eigenvalue weighted by Crippen LogP contribution is -2.48. The average molecular weight is 361 g/mol. The molecule has 6 heteroatoms. The lowest BCUT2D eigenvalue weighted by molar-refractivity contribution is -0.154. The molecule has 2 aromatic rings. The lowest BCUT2D eigenvalue weighted by Gasteiger charge is -2.38. The summed E-state index contributed by atoms with van der Waals surface area (Å²) in [7, 11) is 2.17. The smallest absolute Gasteiger partial charge is 0.319 e. The molecule has 4 unspecified atom stereocenters. The van der Waals surface area contributed by atoms with Gasteiger partial charge in [0, 0.05) is 34.7 Å². The summed E-state index contributed by atoms with van der Waals surface area (Å²) >= 11 is 3.24. The number of nitrogens with zero attached hydrogens (tertiary/aromatic N) is 1. The van der Waals surface area contributed by atoms with Gasteiger partial charge in [-0.3, -0.25) is 9.69 Å². The zero-order valence-corrected chi connectivity index (χ0v) is 15.0. The maximum Gasteiger partial charge on any atom is 0.319 e. The number of piperidine rings is 1. The van der Waals surface area contributed by atoms with Crippen LogP contribution >= 0.6 is 22.7 Å². The third kappa shape index (κ3) is 2.36. The molecule has 126 valence electrons. The third-order valence-electron chi connectivity index (χ3n) is 5.55. The molecule has 3 fully saturated rings. The van der Waals surface area contributed by atoms with E-state index >= 15 is 0 Å². The van der Waals surface area contributed by atoms with Crippen molar-refractivity contribution >= 4 is 28.6 Å². The number of ether oxygens (including phenoxy) is 2. The number of carbonyl (C=O) groups excluding carboxylic acids is 1. The number of esters is 1. The fraction of sp³-hybridized carbons (Fsp3) is 0.500. The molecule has 5 rings (SSSR count). The summed E-state index contributed by atoms with van der Waals surface area (Å²) in [6, 6.07) is 8.86. The van der Waals surface area contributed by atoms with Gasteiger partial charge in [-0.25, -0.2) is 0 Å². The van der Waals surface area contributed by atoms with Crippen LogP contribution in [0, 0.1) is 0 Å². The zero-order chi connectivity index (χ0) is 16.3. The van der Waals surface area contributed by atoms with Crippen molar-refractivity contribution in [1.82, 2.24) is 4.90 Å². The van der Waals surface area contributed by atoms with Crippen LogP contribution in [0.3, 0.4) is 0 Å². The average Bonchev–Trinajstić information content (AvgIpc) is 2.89. The molecule has 0 N–H and O–H groups in total. The van der Waals surface area contributed by atoms with E-state index in [1.54, 1.807) is 22.7 Å². The second-order valence-electron chi connectivity index (χ2n) is 6.86. The number of thiophene rings is 2. The molecule has 0 saturated carbocycles. The highest BCUT2D eigenvalue weighted by molar-refractivity contribution is 7.11. The van der Waals surface area contributed by atoms with Gasteiger partial charge >= 0.3 is 5.97 Å². The molecule has 2 aromatic heterocycles. The fourth-order valence-electron chi connectivity index (χ4n) is 4.31. The molecule has 4 nitrogen and oxygen atoms in total. The van der Waals surface area contributed by atoms with E-state index in [0.29, 0.717) is 24.3 Å². The van der Waals surface area contributed by atoms with Crippen LogP contribution in [0.1, 0.15) is 28.5 Å². The van der Waals surface area contributed by atoms with Crippen LogP contribution in [0.25, 0.3) is 0 Å². The Morgan fingerprint density at radius 2 is 1.75 bits per heavy atom. The zero-order valence-electron chi connectivity index (χ0n) is 13.3. The molecule has 3 saturated heterocycles. The Morgan fingerprint density at radius 1 is 1.17 bits per heavy atom. The summed E-state index contributed by atoms with van der Waals surface area (Å²) in [5.74, 6) is -0.392. The Kier molecular flexibility index (Phi) is 3.56. The number of hydrogen-bond acceptors (Lipinski definition) is 6. The van der Waals surface area contributed by atoms with E-state index in [-0.39, 0.29) is 18.0 Å². The van der Waals surface area contributed by atoms with Crippen molar-refractivity contribution < 1.29 is 14.3 Å². The Balaban J connectivity index is 1.34. The summed E-state index contributed by atoms with van der Waals surface area (Å²) < 4.78 is 11.7.